The van der Waals surface area contributed by atoms with Crippen LogP contribution in [0.15, 0.2) is 0 Å². The van der Waals surface area contributed by atoms with E-state index in [4.69, 9.17) is 4.74 Å². The number of hydrogen-bond donors (Lipinski definition) is 0. The lowest BCUT2D eigenvalue weighted by Gasteiger charge is -2.31. The molecule has 0 saturated carbocycles. The number of carbonyl (C=O) groups excluding carboxylic acids is 1. The highest BCUT2D eigenvalue weighted by atomic mass is 127. The van der Waals surface area contributed by atoms with Crippen molar-refractivity contribution >= 4 is 29.0 Å². The molecule has 1 aliphatic heterocycles. The van der Waals surface area contributed by atoms with Gasteiger partial charge < -0.3 is 9.64 Å². The summed E-state index contributed by atoms with van der Waals surface area (Å²) in [6, 6.07) is 0. The van der Waals surface area contributed by atoms with Crippen molar-refractivity contribution in [2.45, 2.75) is 26.4 Å². The fourth-order valence-electron chi connectivity index (χ4n) is 1.19. The van der Waals surface area contributed by atoms with Crippen molar-refractivity contribution in [1.29, 1.82) is 0 Å². The first-order valence-corrected chi connectivity index (χ1v) is 5.96. The summed E-state index contributed by atoms with van der Waals surface area (Å²) < 4.78 is 7.43. The second kappa shape index (κ2) is 5.75. The average molecular weight is 312 g/mol. The third kappa shape index (κ3) is 3.61. The summed E-state index contributed by atoms with van der Waals surface area (Å²) in [5, 5.41) is 0. The third-order valence-electron chi connectivity index (χ3n) is 2.36. The molecule has 1 saturated heterocycles. The number of carbonyl (C=O) groups is 1. The molecule has 1 rings (SSSR count). The van der Waals surface area contributed by atoms with E-state index in [9.17, 15) is 4.79 Å². The van der Waals surface area contributed by atoms with Crippen LogP contribution in [0.1, 0.15) is 20.3 Å². The quantitative estimate of drug-likeness (QED) is 0.577. The predicted molar refractivity (Wildman–Crippen MR) is 63.4 cm³/mol. The van der Waals surface area contributed by atoms with Crippen LogP contribution in [0.4, 0.5) is 4.79 Å². The van der Waals surface area contributed by atoms with E-state index in [1.165, 1.54) is 0 Å². The van der Waals surface area contributed by atoms with Gasteiger partial charge in [0.05, 0.1) is 0 Å². The van der Waals surface area contributed by atoms with Gasteiger partial charge in [-0.3, -0.25) is 0 Å². The van der Waals surface area contributed by atoms with Crippen LogP contribution in [-0.4, -0.2) is 46.4 Å². The standard InChI is InChI=1S/C9H17IN2O2/c1-3-8(2)14-9(13)11-4-6-12(10)7-5-11/h8H,3-7H2,1-2H3. The molecule has 5 heteroatoms. The number of piperazine rings is 1. The minimum absolute atomic E-state index is 0.0279. The van der Waals surface area contributed by atoms with E-state index in [-0.39, 0.29) is 12.2 Å². The first-order chi connectivity index (χ1) is 6.63. The zero-order chi connectivity index (χ0) is 10.6. The molecule has 0 N–H and O–H groups in total. The second-order valence-corrected chi connectivity index (χ2v) is 4.86. The highest BCUT2D eigenvalue weighted by Crippen LogP contribution is 2.09. The molecule has 0 aromatic rings. The molecule has 1 aliphatic rings. The molecule has 0 spiro atoms. The van der Waals surface area contributed by atoms with Crippen LogP contribution in [0.5, 0.6) is 0 Å². The van der Waals surface area contributed by atoms with Crippen LogP contribution < -0.4 is 0 Å². The third-order valence-corrected chi connectivity index (χ3v) is 3.33. The van der Waals surface area contributed by atoms with E-state index in [1.807, 2.05) is 13.8 Å². The van der Waals surface area contributed by atoms with Crippen molar-refractivity contribution in [1.82, 2.24) is 8.01 Å². The Bertz CT molecular complexity index is 193. The SMILES string of the molecule is CCC(C)OC(=O)N1CCN(I)CC1. The van der Waals surface area contributed by atoms with E-state index >= 15 is 0 Å². The number of halogens is 1. The zero-order valence-electron chi connectivity index (χ0n) is 8.70. The van der Waals surface area contributed by atoms with Crippen molar-refractivity contribution in [3.8, 4) is 0 Å². The van der Waals surface area contributed by atoms with Crippen molar-refractivity contribution < 1.29 is 9.53 Å². The van der Waals surface area contributed by atoms with Gasteiger partial charge in [0.2, 0.25) is 0 Å². The van der Waals surface area contributed by atoms with Crippen LogP contribution in [0.3, 0.4) is 0 Å². The number of hydrogen-bond acceptors (Lipinski definition) is 3. The normalized spacial score (nSPS) is 20.6. The second-order valence-electron chi connectivity index (χ2n) is 3.50. The van der Waals surface area contributed by atoms with Gasteiger partial charge in [-0.15, -0.1) is 0 Å². The molecular weight excluding hydrogens is 295 g/mol. The summed E-state index contributed by atoms with van der Waals surface area (Å²) in [7, 11) is 0. The Labute approximate surface area is 99.1 Å². The van der Waals surface area contributed by atoms with Crippen molar-refractivity contribution in [2.75, 3.05) is 26.2 Å². The molecule has 1 fully saturated rings. The Morgan fingerprint density at radius 1 is 1.43 bits per heavy atom. The first-order valence-electron chi connectivity index (χ1n) is 4.99. The fraction of sp³-hybridized carbons (Fsp3) is 0.889. The molecule has 4 nitrogen and oxygen atoms in total. The van der Waals surface area contributed by atoms with Crippen LogP contribution in [0.25, 0.3) is 0 Å². The Kier molecular flexibility index (Phi) is 4.94. The summed E-state index contributed by atoms with van der Waals surface area (Å²) in [6.07, 6.45) is 0.738. The summed E-state index contributed by atoms with van der Waals surface area (Å²) in [6.45, 7) is 7.34. The highest BCUT2D eigenvalue weighted by molar-refractivity contribution is 14.1. The van der Waals surface area contributed by atoms with E-state index in [2.05, 4.69) is 26.0 Å². The van der Waals surface area contributed by atoms with E-state index in [0.717, 1.165) is 32.6 Å². The molecule has 0 aromatic heterocycles. The predicted octanol–water partition coefficient (Wildman–Crippen LogP) is 1.89. The largest absolute Gasteiger partial charge is 0.446 e. The molecule has 1 heterocycles. The molecule has 0 aliphatic carbocycles. The lowest BCUT2D eigenvalue weighted by Crippen LogP contribution is -2.46. The van der Waals surface area contributed by atoms with Crippen molar-refractivity contribution in [3.05, 3.63) is 0 Å². The van der Waals surface area contributed by atoms with Gasteiger partial charge in [-0.05, 0) is 13.3 Å². The van der Waals surface area contributed by atoms with Crippen molar-refractivity contribution in [2.24, 2.45) is 0 Å². The number of amides is 1. The summed E-state index contributed by atoms with van der Waals surface area (Å²) >= 11 is 2.28. The lowest BCUT2D eigenvalue weighted by molar-refractivity contribution is 0.0612. The molecular formula is C9H17IN2O2. The van der Waals surface area contributed by atoms with Crippen molar-refractivity contribution in [3.63, 3.8) is 0 Å². The Morgan fingerprint density at radius 2 is 2.00 bits per heavy atom. The minimum Gasteiger partial charge on any atom is -0.446 e. The van der Waals surface area contributed by atoms with Crippen LogP contribution >= 0.6 is 22.9 Å². The number of ether oxygens (including phenoxy) is 1. The molecule has 1 unspecified atom stereocenters. The smallest absolute Gasteiger partial charge is 0.410 e. The molecule has 82 valence electrons. The molecule has 0 aromatic carbocycles. The maximum absolute atomic E-state index is 11.6. The van der Waals surface area contributed by atoms with E-state index in [0.29, 0.717) is 0 Å². The van der Waals surface area contributed by atoms with Gasteiger partial charge >= 0.3 is 6.09 Å². The van der Waals surface area contributed by atoms with Gasteiger partial charge in [0.1, 0.15) is 6.10 Å². The molecule has 0 radical (unpaired) electrons. The maximum atomic E-state index is 11.6. The van der Waals surface area contributed by atoms with Crippen LogP contribution in [0.2, 0.25) is 0 Å². The molecule has 0 bridgehead atoms. The summed E-state index contributed by atoms with van der Waals surface area (Å²) in [4.78, 5) is 13.3. The van der Waals surface area contributed by atoms with Crippen LogP contribution in [0, 0.1) is 0 Å². The lowest BCUT2D eigenvalue weighted by atomic mass is 10.3. The Morgan fingerprint density at radius 3 is 2.50 bits per heavy atom. The van der Waals surface area contributed by atoms with Gasteiger partial charge in [0.25, 0.3) is 0 Å². The Hall–Kier alpha value is -0.0400. The first kappa shape index (κ1) is 12.0. The summed E-state index contributed by atoms with van der Waals surface area (Å²) in [5.41, 5.74) is 0. The molecule has 1 amide bonds. The molecule has 14 heavy (non-hydrogen) atoms. The van der Waals surface area contributed by atoms with Gasteiger partial charge in [0.15, 0.2) is 0 Å². The topological polar surface area (TPSA) is 32.8 Å². The monoisotopic (exact) mass is 312 g/mol. The maximum Gasteiger partial charge on any atom is 0.410 e. The zero-order valence-corrected chi connectivity index (χ0v) is 10.9. The number of nitrogens with zero attached hydrogens (tertiary/aromatic N) is 2. The highest BCUT2D eigenvalue weighted by Gasteiger charge is 2.21. The fourth-order valence-corrected chi connectivity index (χ4v) is 1.63. The average Bonchev–Trinajstić information content (AvgIpc) is 2.18. The van der Waals surface area contributed by atoms with Gasteiger partial charge in [-0.1, -0.05) is 6.92 Å². The summed E-state index contributed by atoms with van der Waals surface area (Å²) in [5.74, 6) is 0. The molecule has 1 atom stereocenters. The van der Waals surface area contributed by atoms with Gasteiger partial charge in [-0.25, -0.2) is 7.91 Å². The van der Waals surface area contributed by atoms with E-state index < -0.39 is 0 Å². The minimum atomic E-state index is -0.163. The van der Waals surface area contributed by atoms with Gasteiger partial charge in [-0.2, -0.15) is 0 Å². The van der Waals surface area contributed by atoms with Gasteiger partial charge in [0, 0.05) is 49.0 Å². The van der Waals surface area contributed by atoms with E-state index in [1.54, 1.807) is 4.90 Å². The Balaban J connectivity index is 2.30. The number of rotatable bonds is 2. The van der Waals surface area contributed by atoms with Crippen LogP contribution in [-0.2, 0) is 4.74 Å².